The van der Waals surface area contributed by atoms with Gasteiger partial charge < -0.3 is 14.9 Å². The van der Waals surface area contributed by atoms with E-state index in [2.05, 4.69) is 19.8 Å². The molecular formula is C30H28FN7O. The minimum Gasteiger partial charge on any atom is -0.391 e. The van der Waals surface area contributed by atoms with Crippen molar-refractivity contribution in [2.24, 2.45) is 0 Å². The summed E-state index contributed by atoms with van der Waals surface area (Å²) in [5, 5.41) is 14.9. The molecule has 8 nitrogen and oxygen atoms in total. The number of imidazole rings is 1. The fourth-order valence-electron chi connectivity index (χ4n) is 5.73. The zero-order valence-electron chi connectivity index (χ0n) is 21.4. The summed E-state index contributed by atoms with van der Waals surface area (Å²) >= 11 is 0. The molecular weight excluding hydrogens is 493 g/mol. The molecule has 9 heteroatoms. The number of aromatic nitrogens is 5. The predicted molar refractivity (Wildman–Crippen MR) is 148 cm³/mol. The molecule has 6 heterocycles. The van der Waals surface area contributed by atoms with Gasteiger partial charge in [0.1, 0.15) is 23.1 Å². The molecule has 7 rings (SSSR count). The molecule has 2 aliphatic rings. The highest BCUT2D eigenvalue weighted by atomic mass is 19.1. The molecule has 196 valence electrons. The summed E-state index contributed by atoms with van der Waals surface area (Å²) in [6, 6.07) is 20.8. The molecule has 2 aliphatic heterocycles. The zero-order valence-corrected chi connectivity index (χ0v) is 21.4. The van der Waals surface area contributed by atoms with Gasteiger partial charge in [0.25, 0.3) is 0 Å². The van der Waals surface area contributed by atoms with Crippen molar-refractivity contribution in [3.05, 3.63) is 90.5 Å². The monoisotopic (exact) mass is 521 g/mol. The molecule has 1 aromatic carbocycles. The van der Waals surface area contributed by atoms with E-state index in [-0.39, 0.29) is 18.0 Å². The van der Waals surface area contributed by atoms with Crippen LogP contribution in [0, 0.1) is 5.82 Å². The van der Waals surface area contributed by atoms with E-state index >= 15 is 0 Å². The first-order valence-electron chi connectivity index (χ1n) is 13.4. The van der Waals surface area contributed by atoms with E-state index in [0.717, 1.165) is 77.8 Å². The van der Waals surface area contributed by atoms with E-state index in [0.29, 0.717) is 6.54 Å². The second kappa shape index (κ2) is 9.74. The molecule has 0 radical (unpaired) electrons. The van der Waals surface area contributed by atoms with Crippen LogP contribution in [0.3, 0.4) is 0 Å². The fourth-order valence-corrected chi connectivity index (χ4v) is 5.73. The van der Waals surface area contributed by atoms with Gasteiger partial charge >= 0.3 is 0 Å². The molecule has 0 saturated carbocycles. The Kier molecular flexibility index (Phi) is 5.93. The van der Waals surface area contributed by atoms with E-state index in [1.54, 1.807) is 24.5 Å². The van der Waals surface area contributed by atoms with Gasteiger partial charge in [0.2, 0.25) is 0 Å². The van der Waals surface area contributed by atoms with Gasteiger partial charge in [-0.15, -0.1) is 5.10 Å². The highest BCUT2D eigenvalue weighted by molar-refractivity contribution is 5.68. The van der Waals surface area contributed by atoms with Gasteiger partial charge in [-0.3, -0.25) is 0 Å². The highest BCUT2D eigenvalue weighted by Gasteiger charge is 2.28. The average Bonchev–Trinajstić information content (AvgIpc) is 3.72. The second-order valence-corrected chi connectivity index (χ2v) is 10.2. The summed E-state index contributed by atoms with van der Waals surface area (Å²) in [5.74, 6) is 1.46. The Hall–Kier alpha value is -4.37. The number of anilines is 2. The predicted octanol–water partition coefficient (Wildman–Crippen LogP) is 4.90. The first kappa shape index (κ1) is 23.7. The minimum atomic E-state index is -0.311. The number of hydrogen-bond donors (Lipinski definition) is 1. The van der Waals surface area contributed by atoms with Gasteiger partial charge in [-0.25, -0.2) is 23.9 Å². The SMILES string of the molecule is O[C@H]1CCN(c2cc(-c3cccc(-c4cnc5ccc(N6CCC[C@@H]6c6cccc(F)c6)nn45)n3)ccn2)C1. The van der Waals surface area contributed by atoms with Gasteiger partial charge in [-0.1, -0.05) is 18.2 Å². The number of aliphatic hydroxyl groups is 1. The number of β-amino-alcohol motifs (C(OH)–C–C–N with tert-alkyl or cyclic N) is 1. The van der Waals surface area contributed by atoms with Crippen molar-refractivity contribution in [1.82, 2.24) is 24.6 Å². The largest absolute Gasteiger partial charge is 0.391 e. The van der Waals surface area contributed by atoms with Crippen molar-refractivity contribution in [3.8, 4) is 22.6 Å². The van der Waals surface area contributed by atoms with Crippen molar-refractivity contribution in [2.75, 3.05) is 29.4 Å². The third kappa shape index (κ3) is 4.48. The quantitative estimate of drug-likeness (QED) is 0.352. The van der Waals surface area contributed by atoms with Gasteiger partial charge in [-0.05, 0) is 73.4 Å². The summed E-state index contributed by atoms with van der Waals surface area (Å²) in [7, 11) is 0. The number of aliphatic hydroxyl groups excluding tert-OH is 1. The molecule has 0 aliphatic carbocycles. The van der Waals surface area contributed by atoms with Crippen molar-refractivity contribution >= 4 is 17.3 Å². The van der Waals surface area contributed by atoms with Crippen LogP contribution >= 0.6 is 0 Å². The van der Waals surface area contributed by atoms with Crippen LogP contribution in [0.2, 0.25) is 0 Å². The van der Waals surface area contributed by atoms with Crippen molar-refractivity contribution in [1.29, 1.82) is 0 Å². The molecule has 0 bridgehead atoms. The van der Waals surface area contributed by atoms with Gasteiger partial charge in [-0.2, -0.15) is 0 Å². The van der Waals surface area contributed by atoms with Crippen LogP contribution in [0.4, 0.5) is 16.0 Å². The van der Waals surface area contributed by atoms with Crippen LogP contribution in [0.5, 0.6) is 0 Å². The Morgan fingerprint density at radius 2 is 1.77 bits per heavy atom. The summed E-state index contributed by atoms with van der Waals surface area (Å²) in [4.78, 5) is 18.4. The Labute approximate surface area is 225 Å². The number of halogens is 1. The van der Waals surface area contributed by atoms with Gasteiger partial charge in [0.05, 0.1) is 29.7 Å². The number of hydrogen-bond acceptors (Lipinski definition) is 7. The van der Waals surface area contributed by atoms with E-state index in [1.165, 1.54) is 6.07 Å². The molecule has 5 aromatic rings. The number of nitrogens with zero attached hydrogens (tertiary/aromatic N) is 7. The second-order valence-electron chi connectivity index (χ2n) is 10.2. The van der Waals surface area contributed by atoms with Crippen LogP contribution in [0.1, 0.15) is 30.9 Å². The lowest BCUT2D eigenvalue weighted by molar-refractivity contribution is 0.198. The summed E-state index contributed by atoms with van der Waals surface area (Å²) in [6.07, 6.45) is 6.00. The molecule has 0 amide bonds. The lowest BCUT2D eigenvalue weighted by atomic mass is 10.0. The Balaban J connectivity index is 1.22. The highest BCUT2D eigenvalue weighted by Crippen LogP contribution is 2.36. The number of pyridine rings is 2. The smallest absolute Gasteiger partial charge is 0.154 e. The van der Waals surface area contributed by atoms with Crippen LogP contribution in [-0.4, -0.2) is 55.4 Å². The zero-order chi connectivity index (χ0) is 26.3. The van der Waals surface area contributed by atoms with Crippen molar-refractivity contribution in [3.63, 3.8) is 0 Å². The lowest BCUT2D eigenvalue weighted by Crippen LogP contribution is -2.24. The number of fused-ring (bicyclic) bond motifs is 1. The first-order chi connectivity index (χ1) is 19.1. The molecule has 2 atom stereocenters. The summed E-state index contributed by atoms with van der Waals surface area (Å²) < 4.78 is 15.8. The minimum absolute atomic E-state index is 0.0803. The Bertz CT molecular complexity index is 1650. The topological polar surface area (TPSA) is 82.7 Å². The number of rotatable bonds is 5. The van der Waals surface area contributed by atoms with E-state index in [9.17, 15) is 9.50 Å². The first-order valence-corrected chi connectivity index (χ1v) is 13.4. The summed E-state index contributed by atoms with van der Waals surface area (Å²) in [5.41, 5.74) is 5.05. The maximum absolute atomic E-state index is 14.0. The van der Waals surface area contributed by atoms with Crippen molar-refractivity contribution < 1.29 is 9.50 Å². The number of benzene rings is 1. The molecule has 4 aromatic heterocycles. The van der Waals surface area contributed by atoms with Crippen LogP contribution in [-0.2, 0) is 0 Å². The molecule has 2 saturated heterocycles. The van der Waals surface area contributed by atoms with Gasteiger partial charge in [0.15, 0.2) is 5.65 Å². The third-order valence-corrected chi connectivity index (χ3v) is 7.67. The van der Waals surface area contributed by atoms with Crippen LogP contribution < -0.4 is 9.80 Å². The van der Waals surface area contributed by atoms with E-state index in [1.807, 2.05) is 53.0 Å². The lowest BCUT2D eigenvalue weighted by Gasteiger charge is -2.26. The van der Waals surface area contributed by atoms with E-state index < -0.39 is 0 Å². The van der Waals surface area contributed by atoms with Crippen LogP contribution in [0.25, 0.3) is 28.3 Å². The van der Waals surface area contributed by atoms with Crippen LogP contribution in [0.15, 0.2) is 79.1 Å². The maximum atomic E-state index is 14.0. The maximum Gasteiger partial charge on any atom is 0.154 e. The van der Waals surface area contributed by atoms with Gasteiger partial charge in [0, 0.05) is 31.4 Å². The third-order valence-electron chi connectivity index (χ3n) is 7.67. The molecule has 39 heavy (non-hydrogen) atoms. The molecule has 1 N–H and O–H groups in total. The molecule has 0 spiro atoms. The average molecular weight is 522 g/mol. The standard InChI is InChI=1S/C30H28FN7O/c31-22-5-1-4-21(16-22)26-8-3-14-37(26)29-10-9-28-33-18-27(38(28)35-29)25-7-2-6-24(34-25)20-11-13-32-30(17-20)36-15-12-23(39)19-36/h1-2,4-7,9-11,13,16-18,23,26,39H,3,8,12,14-15,19H2/t23-,26+/m0/s1. The Morgan fingerprint density at radius 1 is 0.872 bits per heavy atom. The van der Waals surface area contributed by atoms with E-state index in [4.69, 9.17) is 10.1 Å². The van der Waals surface area contributed by atoms with Crippen molar-refractivity contribution in [2.45, 2.75) is 31.4 Å². The fraction of sp³-hybridized carbons (Fsp3) is 0.267. The molecule has 0 unspecified atom stereocenters. The Morgan fingerprint density at radius 3 is 2.64 bits per heavy atom. The summed E-state index contributed by atoms with van der Waals surface area (Å²) in [6.45, 7) is 2.24. The molecule has 2 fully saturated rings. The normalized spacial score (nSPS) is 19.3.